The highest BCUT2D eigenvalue weighted by Crippen LogP contribution is 2.29. The van der Waals surface area contributed by atoms with E-state index >= 15 is 0 Å². The van der Waals surface area contributed by atoms with Gasteiger partial charge in [-0.15, -0.1) is 25.6 Å². The third-order valence-corrected chi connectivity index (χ3v) is 1.67. The average Bonchev–Trinajstić information content (AvgIpc) is 2.06. The van der Waals surface area contributed by atoms with Crippen LogP contribution in [0.15, 0.2) is 18.2 Å². The monoisotopic (exact) mass is 242 g/mol. The van der Waals surface area contributed by atoms with Gasteiger partial charge in [0.1, 0.15) is 5.75 Å². The van der Waals surface area contributed by atoms with Crippen molar-refractivity contribution in [3.8, 4) is 5.75 Å². The fraction of sp³-hybridized carbons (Fsp3) is 0.250. The van der Waals surface area contributed by atoms with E-state index in [1.807, 2.05) is 0 Å². The first-order chi connectivity index (χ1) is 6.44. The van der Waals surface area contributed by atoms with Crippen molar-refractivity contribution in [2.75, 3.05) is 5.43 Å². The molecule has 0 fully saturated rings. The summed E-state index contributed by atoms with van der Waals surface area (Å²) in [6.45, 7) is 1.48. The van der Waals surface area contributed by atoms with Crippen LogP contribution in [0.1, 0.15) is 5.56 Å². The maximum absolute atomic E-state index is 11.9. The first-order valence-electron chi connectivity index (χ1n) is 3.76. The molecule has 15 heavy (non-hydrogen) atoms. The van der Waals surface area contributed by atoms with Crippen LogP contribution in [0.5, 0.6) is 5.75 Å². The maximum atomic E-state index is 11.9. The Balaban J connectivity index is 0.00000196. The van der Waals surface area contributed by atoms with E-state index in [4.69, 9.17) is 5.84 Å². The molecule has 0 spiro atoms. The van der Waals surface area contributed by atoms with E-state index in [9.17, 15) is 13.2 Å². The highest BCUT2D eigenvalue weighted by atomic mass is 35.5. The molecule has 7 heteroatoms. The third-order valence-electron chi connectivity index (χ3n) is 1.67. The standard InChI is InChI=1S/C8H9F3N2O.ClH/c1-5-6(13-12)3-2-4-7(5)14-8(9,10)11;/h2-4,13H,12H2,1H3;1H. The number of alkyl halides is 3. The predicted molar refractivity (Wildman–Crippen MR) is 52.9 cm³/mol. The second-order valence-electron chi connectivity index (χ2n) is 2.62. The number of ether oxygens (including phenoxy) is 1. The van der Waals surface area contributed by atoms with E-state index in [0.29, 0.717) is 11.3 Å². The summed E-state index contributed by atoms with van der Waals surface area (Å²) in [5, 5.41) is 0. The first-order valence-corrected chi connectivity index (χ1v) is 3.76. The normalized spacial score (nSPS) is 10.5. The van der Waals surface area contributed by atoms with Crippen molar-refractivity contribution < 1.29 is 17.9 Å². The van der Waals surface area contributed by atoms with Crippen LogP contribution in [-0.4, -0.2) is 6.36 Å². The number of hydrazine groups is 1. The lowest BCUT2D eigenvalue weighted by molar-refractivity contribution is -0.274. The molecule has 0 aliphatic rings. The molecule has 0 saturated carbocycles. The molecule has 0 aromatic heterocycles. The SMILES string of the molecule is Cc1c(NN)cccc1OC(F)(F)F.Cl. The van der Waals surface area contributed by atoms with E-state index in [1.54, 1.807) is 6.07 Å². The van der Waals surface area contributed by atoms with Gasteiger partial charge >= 0.3 is 6.36 Å². The van der Waals surface area contributed by atoms with Crippen molar-refractivity contribution in [2.45, 2.75) is 13.3 Å². The Bertz CT molecular complexity index is 330. The van der Waals surface area contributed by atoms with Gasteiger partial charge in [-0.05, 0) is 19.1 Å². The Hall–Kier alpha value is -1.14. The number of rotatable bonds is 2. The minimum Gasteiger partial charge on any atom is -0.405 e. The minimum absolute atomic E-state index is 0. The Kier molecular flexibility index (Phi) is 4.70. The van der Waals surface area contributed by atoms with E-state index in [0.717, 1.165) is 0 Å². The number of halogens is 4. The number of hydrogen-bond acceptors (Lipinski definition) is 3. The summed E-state index contributed by atoms with van der Waals surface area (Å²) in [5.74, 6) is 4.84. The number of nitrogens with two attached hydrogens (primary N) is 1. The molecule has 0 amide bonds. The lowest BCUT2D eigenvalue weighted by atomic mass is 10.2. The van der Waals surface area contributed by atoms with E-state index in [2.05, 4.69) is 10.2 Å². The highest BCUT2D eigenvalue weighted by molar-refractivity contribution is 5.85. The molecule has 1 aromatic carbocycles. The molecule has 0 atom stereocenters. The third kappa shape index (κ3) is 3.85. The van der Waals surface area contributed by atoms with Crippen LogP contribution < -0.4 is 16.0 Å². The van der Waals surface area contributed by atoms with Crippen molar-refractivity contribution >= 4 is 18.1 Å². The Labute approximate surface area is 90.8 Å². The van der Waals surface area contributed by atoms with Gasteiger partial charge < -0.3 is 10.2 Å². The number of anilines is 1. The topological polar surface area (TPSA) is 47.3 Å². The van der Waals surface area contributed by atoms with Crippen LogP contribution >= 0.6 is 12.4 Å². The molecule has 0 aliphatic carbocycles. The van der Waals surface area contributed by atoms with Crippen LogP contribution in [0.3, 0.4) is 0 Å². The van der Waals surface area contributed by atoms with Gasteiger partial charge in [-0.2, -0.15) is 0 Å². The van der Waals surface area contributed by atoms with Crippen LogP contribution in [0, 0.1) is 6.92 Å². The first kappa shape index (κ1) is 13.9. The average molecular weight is 243 g/mol. The summed E-state index contributed by atoms with van der Waals surface area (Å²) in [6, 6.07) is 4.20. The second kappa shape index (κ2) is 5.09. The highest BCUT2D eigenvalue weighted by Gasteiger charge is 2.31. The summed E-state index contributed by atoms with van der Waals surface area (Å²) < 4.78 is 39.4. The van der Waals surface area contributed by atoms with Crippen LogP contribution in [-0.2, 0) is 0 Å². The zero-order valence-corrected chi connectivity index (χ0v) is 8.58. The molecule has 86 valence electrons. The molecule has 0 radical (unpaired) electrons. The van der Waals surface area contributed by atoms with Gasteiger partial charge in [-0.3, -0.25) is 5.84 Å². The van der Waals surface area contributed by atoms with Crippen molar-refractivity contribution in [3.05, 3.63) is 23.8 Å². The van der Waals surface area contributed by atoms with Gasteiger partial charge in [-0.1, -0.05) is 6.07 Å². The van der Waals surface area contributed by atoms with Crippen molar-refractivity contribution in [3.63, 3.8) is 0 Å². The maximum Gasteiger partial charge on any atom is 0.573 e. The van der Waals surface area contributed by atoms with E-state index in [-0.39, 0.29) is 18.2 Å². The Morgan fingerprint density at radius 1 is 1.33 bits per heavy atom. The zero-order chi connectivity index (χ0) is 10.8. The minimum atomic E-state index is -4.68. The molecule has 3 nitrogen and oxygen atoms in total. The molecule has 1 aromatic rings. The zero-order valence-electron chi connectivity index (χ0n) is 7.76. The fourth-order valence-electron chi connectivity index (χ4n) is 1.01. The molecular formula is C8H10ClF3N2O. The second-order valence-corrected chi connectivity index (χ2v) is 2.62. The Morgan fingerprint density at radius 3 is 2.40 bits per heavy atom. The van der Waals surface area contributed by atoms with Crippen LogP contribution in [0.2, 0.25) is 0 Å². The predicted octanol–water partition coefficient (Wildman–Crippen LogP) is 2.60. The Morgan fingerprint density at radius 2 is 1.93 bits per heavy atom. The fourth-order valence-corrected chi connectivity index (χ4v) is 1.01. The summed E-state index contributed by atoms with van der Waals surface area (Å²) >= 11 is 0. The van der Waals surface area contributed by atoms with Gasteiger partial charge in [0.25, 0.3) is 0 Å². The molecule has 0 unspecified atom stereocenters. The molecule has 0 heterocycles. The van der Waals surface area contributed by atoms with Crippen LogP contribution in [0.4, 0.5) is 18.9 Å². The van der Waals surface area contributed by atoms with E-state index < -0.39 is 6.36 Å². The van der Waals surface area contributed by atoms with Crippen molar-refractivity contribution in [1.29, 1.82) is 0 Å². The molecule has 0 bridgehead atoms. The van der Waals surface area contributed by atoms with Gasteiger partial charge in [-0.25, -0.2) is 0 Å². The number of nitrogen functional groups attached to an aromatic ring is 1. The molecule has 0 aliphatic heterocycles. The van der Waals surface area contributed by atoms with Gasteiger partial charge in [0, 0.05) is 5.56 Å². The summed E-state index contributed by atoms with van der Waals surface area (Å²) in [7, 11) is 0. The summed E-state index contributed by atoms with van der Waals surface area (Å²) in [5.41, 5.74) is 2.98. The molecule has 1 rings (SSSR count). The lowest BCUT2D eigenvalue weighted by Crippen LogP contribution is -2.18. The van der Waals surface area contributed by atoms with Crippen molar-refractivity contribution in [2.24, 2.45) is 5.84 Å². The molecule has 3 N–H and O–H groups in total. The van der Waals surface area contributed by atoms with Crippen molar-refractivity contribution in [1.82, 2.24) is 0 Å². The number of benzene rings is 1. The summed E-state index contributed by atoms with van der Waals surface area (Å²) in [6.07, 6.45) is -4.68. The van der Waals surface area contributed by atoms with Crippen LogP contribution in [0.25, 0.3) is 0 Å². The largest absolute Gasteiger partial charge is 0.573 e. The molecule has 0 saturated heterocycles. The lowest BCUT2D eigenvalue weighted by Gasteiger charge is -2.13. The number of nitrogens with one attached hydrogen (secondary N) is 1. The smallest absolute Gasteiger partial charge is 0.405 e. The van der Waals surface area contributed by atoms with Gasteiger partial charge in [0.15, 0.2) is 0 Å². The quantitative estimate of drug-likeness (QED) is 0.619. The van der Waals surface area contributed by atoms with Gasteiger partial charge in [0.2, 0.25) is 0 Å². The summed E-state index contributed by atoms with van der Waals surface area (Å²) in [4.78, 5) is 0. The number of hydrogen-bond donors (Lipinski definition) is 2. The van der Waals surface area contributed by atoms with Gasteiger partial charge in [0.05, 0.1) is 5.69 Å². The van der Waals surface area contributed by atoms with E-state index in [1.165, 1.54) is 19.1 Å². The molecular weight excluding hydrogens is 233 g/mol.